The third kappa shape index (κ3) is 4.44. The summed E-state index contributed by atoms with van der Waals surface area (Å²) in [5.74, 6) is -0.203. The third-order valence-corrected chi connectivity index (χ3v) is 5.72. The number of aryl methyl sites for hydroxylation is 3. The zero-order valence-corrected chi connectivity index (χ0v) is 18.8. The van der Waals surface area contributed by atoms with E-state index in [1.54, 1.807) is 0 Å². The maximum Gasteiger partial charge on any atom is 0.299 e. The number of fused-ring (bicyclic) bond motifs is 1. The number of aromatic nitrogens is 3. The number of carbonyl (C=O) groups is 1. The van der Waals surface area contributed by atoms with Crippen molar-refractivity contribution < 1.29 is 9.32 Å². The average Bonchev–Trinajstić information content (AvgIpc) is 3.20. The third-order valence-electron chi connectivity index (χ3n) is 5.06. The first-order valence-corrected chi connectivity index (χ1v) is 10.8. The highest BCUT2D eigenvalue weighted by Gasteiger charge is 2.17. The predicted octanol–water partition coefficient (Wildman–Crippen LogP) is 4.71. The van der Waals surface area contributed by atoms with Gasteiger partial charge in [-0.1, -0.05) is 42.4 Å². The number of benzene rings is 2. The van der Waals surface area contributed by atoms with Crippen LogP contribution in [0, 0.1) is 6.92 Å². The fourth-order valence-corrected chi connectivity index (χ4v) is 3.85. The molecule has 0 atom stereocenters. The van der Waals surface area contributed by atoms with Crippen molar-refractivity contribution in [2.45, 2.75) is 33.2 Å². The standard InChI is InChI=1S/C23H21BrN4O3/c1-3-15-5-7-16(8-6-15)20-21-22(31-27-20)23(30)28(13-25-21)11-10-19(29)26-18-9-4-14(2)12-17(18)24/h4-9,12-13H,3,10-11H2,1-2H3,(H,26,29). The molecule has 158 valence electrons. The van der Waals surface area contributed by atoms with Crippen molar-refractivity contribution >= 4 is 38.6 Å². The molecule has 2 heterocycles. The van der Waals surface area contributed by atoms with Gasteiger partial charge in [0.25, 0.3) is 11.1 Å². The molecule has 0 bridgehead atoms. The van der Waals surface area contributed by atoms with Crippen LogP contribution in [-0.2, 0) is 17.8 Å². The minimum atomic E-state index is -0.363. The molecule has 0 fully saturated rings. The smallest absolute Gasteiger partial charge is 0.299 e. The van der Waals surface area contributed by atoms with Crippen molar-refractivity contribution in [1.29, 1.82) is 0 Å². The molecule has 4 aromatic rings. The molecule has 0 saturated heterocycles. The Labute approximate surface area is 187 Å². The number of hydrogen-bond donors (Lipinski definition) is 1. The van der Waals surface area contributed by atoms with Gasteiger partial charge in [0.1, 0.15) is 11.2 Å². The molecule has 8 heteroatoms. The van der Waals surface area contributed by atoms with E-state index in [4.69, 9.17) is 4.52 Å². The normalized spacial score (nSPS) is 11.1. The molecule has 0 spiro atoms. The van der Waals surface area contributed by atoms with Crippen LogP contribution in [0.3, 0.4) is 0 Å². The Hall–Kier alpha value is -3.26. The molecule has 1 amide bonds. The first kappa shape index (κ1) is 21.0. The van der Waals surface area contributed by atoms with Gasteiger partial charge in [-0.25, -0.2) is 4.98 Å². The maximum absolute atomic E-state index is 12.8. The molecule has 0 radical (unpaired) electrons. The predicted molar refractivity (Wildman–Crippen MR) is 123 cm³/mol. The van der Waals surface area contributed by atoms with Crippen LogP contribution in [-0.4, -0.2) is 20.6 Å². The van der Waals surface area contributed by atoms with Crippen LogP contribution in [0.25, 0.3) is 22.4 Å². The van der Waals surface area contributed by atoms with Crippen molar-refractivity contribution in [2.75, 3.05) is 5.32 Å². The molecule has 0 aliphatic carbocycles. The van der Waals surface area contributed by atoms with Gasteiger partial charge in [0, 0.05) is 23.0 Å². The van der Waals surface area contributed by atoms with E-state index in [0.29, 0.717) is 16.9 Å². The zero-order valence-electron chi connectivity index (χ0n) is 17.2. The monoisotopic (exact) mass is 480 g/mol. The number of amides is 1. The first-order valence-electron chi connectivity index (χ1n) is 9.96. The Balaban J connectivity index is 1.50. The number of nitrogens with one attached hydrogen (secondary N) is 1. The van der Waals surface area contributed by atoms with E-state index in [9.17, 15) is 9.59 Å². The minimum absolute atomic E-state index is 0.0822. The van der Waals surface area contributed by atoms with Gasteiger partial charge in [-0.2, -0.15) is 0 Å². The fraction of sp³-hybridized carbons (Fsp3) is 0.217. The molecule has 31 heavy (non-hydrogen) atoms. The molecule has 1 N–H and O–H groups in total. The molecule has 0 aliphatic heterocycles. The van der Waals surface area contributed by atoms with Crippen molar-refractivity contribution in [3.63, 3.8) is 0 Å². The van der Waals surface area contributed by atoms with Crippen LogP contribution < -0.4 is 10.9 Å². The average molecular weight is 481 g/mol. The first-order chi connectivity index (χ1) is 15.0. The van der Waals surface area contributed by atoms with Crippen LogP contribution in [0.1, 0.15) is 24.5 Å². The lowest BCUT2D eigenvalue weighted by atomic mass is 10.1. The van der Waals surface area contributed by atoms with Gasteiger partial charge in [0.15, 0.2) is 0 Å². The van der Waals surface area contributed by atoms with Gasteiger partial charge < -0.3 is 9.84 Å². The fourth-order valence-electron chi connectivity index (χ4n) is 3.26. The van der Waals surface area contributed by atoms with E-state index in [0.717, 1.165) is 22.0 Å². The van der Waals surface area contributed by atoms with Gasteiger partial charge >= 0.3 is 0 Å². The Morgan fingerprint density at radius 1 is 1.19 bits per heavy atom. The summed E-state index contributed by atoms with van der Waals surface area (Å²) in [5.41, 5.74) is 4.49. The molecule has 0 aliphatic rings. The van der Waals surface area contributed by atoms with Crippen molar-refractivity contribution in [1.82, 2.24) is 14.7 Å². The molecule has 2 aromatic heterocycles. The van der Waals surface area contributed by atoms with Gasteiger partial charge in [0.2, 0.25) is 5.91 Å². The van der Waals surface area contributed by atoms with Gasteiger partial charge in [-0.05, 0) is 52.5 Å². The van der Waals surface area contributed by atoms with Crippen molar-refractivity contribution in [3.05, 3.63) is 74.7 Å². The highest BCUT2D eigenvalue weighted by atomic mass is 79.9. The molecule has 4 rings (SSSR count). The van der Waals surface area contributed by atoms with Gasteiger partial charge in [0.05, 0.1) is 12.0 Å². The largest absolute Gasteiger partial charge is 0.348 e. The molecular weight excluding hydrogens is 460 g/mol. The second kappa shape index (κ2) is 8.85. The Bertz CT molecular complexity index is 1310. The maximum atomic E-state index is 12.8. The second-order valence-corrected chi connectivity index (χ2v) is 8.14. The van der Waals surface area contributed by atoms with E-state index in [1.807, 2.05) is 49.4 Å². The van der Waals surface area contributed by atoms with Crippen molar-refractivity contribution in [3.8, 4) is 11.3 Å². The van der Waals surface area contributed by atoms with E-state index in [-0.39, 0.29) is 30.0 Å². The Morgan fingerprint density at radius 2 is 1.97 bits per heavy atom. The lowest BCUT2D eigenvalue weighted by Crippen LogP contribution is -2.23. The topological polar surface area (TPSA) is 90.0 Å². The van der Waals surface area contributed by atoms with E-state index in [1.165, 1.54) is 16.5 Å². The van der Waals surface area contributed by atoms with Crippen LogP contribution >= 0.6 is 15.9 Å². The lowest BCUT2D eigenvalue weighted by Gasteiger charge is -2.09. The Kier molecular flexibility index (Phi) is 5.99. The highest BCUT2D eigenvalue weighted by molar-refractivity contribution is 9.10. The van der Waals surface area contributed by atoms with E-state index < -0.39 is 0 Å². The summed E-state index contributed by atoms with van der Waals surface area (Å²) < 4.78 is 7.48. The quantitative estimate of drug-likeness (QED) is 0.431. The van der Waals surface area contributed by atoms with Crippen LogP contribution in [0.15, 0.2) is 62.6 Å². The Morgan fingerprint density at radius 3 is 2.68 bits per heavy atom. The number of rotatable bonds is 6. The van der Waals surface area contributed by atoms with Crippen LogP contribution in [0.4, 0.5) is 5.69 Å². The van der Waals surface area contributed by atoms with E-state index in [2.05, 4.69) is 38.3 Å². The van der Waals surface area contributed by atoms with Gasteiger partial charge in [-0.3, -0.25) is 14.2 Å². The number of carbonyl (C=O) groups excluding carboxylic acids is 1. The summed E-state index contributed by atoms with van der Waals surface area (Å²) in [4.78, 5) is 29.5. The molecule has 7 nitrogen and oxygen atoms in total. The minimum Gasteiger partial charge on any atom is -0.348 e. The zero-order chi connectivity index (χ0) is 22.0. The van der Waals surface area contributed by atoms with E-state index >= 15 is 0 Å². The number of halogens is 1. The number of anilines is 1. The summed E-state index contributed by atoms with van der Waals surface area (Å²) in [6.45, 7) is 4.24. The molecule has 0 unspecified atom stereocenters. The SMILES string of the molecule is CCc1ccc(-c2noc3c(=O)n(CCC(=O)Nc4ccc(C)cc4Br)cnc23)cc1. The molecular formula is C23H21BrN4O3. The highest BCUT2D eigenvalue weighted by Crippen LogP contribution is 2.25. The second-order valence-electron chi connectivity index (χ2n) is 7.28. The van der Waals surface area contributed by atoms with Crippen LogP contribution in [0.2, 0.25) is 0 Å². The summed E-state index contributed by atoms with van der Waals surface area (Å²) in [5, 5.41) is 6.90. The summed E-state index contributed by atoms with van der Waals surface area (Å²) >= 11 is 3.44. The summed E-state index contributed by atoms with van der Waals surface area (Å²) in [6.07, 6.45) is 2.49. The molecule has 0 saturated carbocycles. The summed E-state index contributed by atoms with van der Waals surface area (Å²) in [7, 11) is 0. The summed E-state index contributed by atoms with van der Waals surface area (Å²) in [6, 6.07) is 13.6. The number of hydrogen-bond acceptors (Lipinski definition) is 5. The molecule has 2 aromatic carbocycles. The van der Waals surface area contributed by atoms with Gasteiger partial charge in [-0.15, -0.1) is 0 Å². The lowest BCUT2D eigenvalue weighted by molar-refractivity contribution is -0.116. The number of nitrogens with zero attached hydrogens (tertiary/aromatic N) is 3. The van der Waals surface area contributed by atoms with Crippen molar-refractivity contribution in [2.24, 2.45) is 0 Å². The van der Waals surface area contributed by atoms with Crippen LogP contribution in [0.5, 0.6) is 0 Å².